The second-order valence-corrected chi connectivity index (χ2v) is 7.63. The highest BCUT2D eigenvalue weighted by molar-refractivity contribution is 4.68. The molecule has 0 saturated heterocycles. The summed E-state index contributed by atoms with van der Waals surface area (Å²) in [5.74, 6) is 1.46. The predicted molar refractivity (Wildman–Crippen MR) is 108 cm³/mol. The predicted octanol–water partition coefficient (Wildman–Crippen LogP) is 5.72. The zero-order valence-electron chi connectivity index (χ0n) is 17.5. The van der Waals surface area contributed by atoms with Crippen LogP contribution in [0.15, 0.2) is 0 Å². The topological polar surface area (TPSA) is 49.7 Å². The van der Waals surface area contributed by atoms with Gasteiger partial charge in [-0.1, -0.05) is 40.5 Å². The first kappa shape index (κ1) is 24.9. The number of hydrogen-bond acceptors (Lipinski definition) is 3. The number of aliphatic hydroxyl groups excluding tert-OH is 2. The van der Waals surface area contributed by atoms with Gasteiger partial charge in [0.25, 0.3) is 0 Å². The van der Waals surface area contributed by atoms with Crippen molar-refractivity contribution in [1.82, 2.24) is 0 Å². The summed E-state index contributed by atoms with van der Waals surface area (Å²) in [7, 11) is 0. The Labute approximate surface area is 157 Å². The molecule has 4 atom stereocenters. The molecule has 0 aliphatic rings. The zero-order valence-corrected chi connectivity index (χ0v) is 17.5. The fourth-order valence-electron chi connectivity index (χ4n) is 3.72. The van der Waals surface area contributed by atoms with Crippen molar-refractivity contribution in [3.8, 4) is 0 Å². The normalized spacial score (nSPS) is 16.6. The highest BCUT2D eigenvalue weighted by Crippen LogP contribution is 2.24. The van der Waals surface area contributed by atoms with Gasteiger partial charge in [-0.15, -0.1) is 0 Å². The summed E-state index contributed by atoms with van der Waals surface area (Å²) in [6.07, 6.45) is 14.2. The molecular formula is C22H46O3. The highest BCUT2D eigenvalue weighted by atomic mass is 16.5. The van der Waals surface area contributed by atoms with Crippen LogP contribution in [-0.2, 0) is 4.74 Å². The Morgan fingerprint density at radius 1 is 0.560 bits per heavy atom. The number of hydrogen-bond donors (Lipinski definition) is 2. The van der Waals surface area contributed by atoms with E-state index < -0.39 is 0 Å². The van der Waals surface area contributed by atoms with Crippen molar-refractivity contribution in [3.05, 3.63) is 0 Å². The van der Waals surface area contributed by atoms with Gasteiger partial charge >= 0.3 is 0 Å². The van der Waals surface area contributed by atoms with Gasteiger partial charge in [-0.05, 0) is 76.0 Å². The molecule has 0 saturated carbocycles. The van der Waals surface area contributed by atoms with Crippen molar-refractivity contribution < 1.29 is 14.9 Å². The molecule has 0 aliphatic carbocycles. The maximum absolute atomic E-state index is 9.02. The van der Waals surface area contributed by atoms with Crippen LogP contribution in [-0.4, -0.2) is 35.6 Å². The van der Waals surface area contributed by atoms with E-state index in [2.05, 4.69) is 27.7 Å². The standard InChI is InChI=1S/C22H46O3/c1-5-19(11-9-17-23)13-15-21(7-3)25-22(8-4)16-14-20(6-2)12-10-18-24/h19-24H,5-18H2,1-4H3. The van der Waals surface area contributed by atoms with Crippen molar-refractivity contribution in [2.75, 3.05) is 13.2 Å². The maximum Gasteiger partial charge on any atom is 0.0576 e. The lowest BCUT2D eigenvalue weighted by Gasteiger charge is -2.26. The molecule has 0 aromatic heterocycles. The molecule has 152 valence electrons. The molecule has 0 amide bonds. The van der Waals surface area contributed by atoms with Gasteiger partial charge in [-0.25, -0.2) is 0 Å². The Morgan fingerprint density at radius 2 is 0.960 bits per heavy atom. The molecule has 0 radical (unpaired) electrons. The highest BCUT2D eigenvalue weighted by Gasteiger charge is 2.17. The van der Waals surface area contributed by atoms with E-state index in [0.29, 0.717) is 25.4 Å². The third-order valence-electron chi connectivity index (χ3n) is 5.79. The molecule has 25 heavy (non-hydrogen) atoms. The SMILES string of the molecule is CCC(CCCO)CCC(CC)OC(CC)CCC(CC)CCCO. The zero-order chi connectivity index (χ0) is 18.9. The Morgan fingerprint density at radius 3 is 1.24 bits per heavy atom. The van der Waals surface area contributed by atoms with Gasteiger partial charge in [-0.2, -0.15) is 0 Å². The van der Waals surface area contributed by atoms with Gasteiger partial charge in [-0.3, -0.25) is 0 Å². The molecule has 3 nitrogen and oxygen atoms in total. The van der Waals surface area contributed by atoms with Crippen molar-refractivity contribution in [1.29, 1.82) is 0 Å². The summed E-state index contributed by atoms with van der Waals surface area (Å²) in [6.45, 7) is 9.63. The largest absolute Gasteiger partial charge is 0.396 e. The van der Waals surface area contributed by atoms with Crippen LogP contribution >= 0.6 is 0 Å². The van der Waals surface area contributed by atoms with Crippen LogP contribution < -0.4 is 0 Å². The van der Waals surface area contributed by atoms with E-state index in [1.807, 2.05) is 0 Å². The van der Waals surface area contributed by atoms with Crippen molar-refractivity contribution >= 4 is 0 Å². The van der Waals surface area contributed by atoms with Gasteiger partial charge < -0.3 is 14.9 Å². The molecular weight excluding hydrogens is 312 g/mol. The fraction of sp³-hybridized carbons (Fsp3) is 1.00. The van der Waals surface area contributed by atoms with Crippen LogP contribution in [0.4, 0.5) is 0 Å². The molecule has 0 spiro atoms. The molecule has 0 heterocycles. The summed E-state index contributed by atoms with van der Waals surface area (Å²) in [4.78, 5) is 0. The Balaban J connectivity index is 4.25. The average molecular weight is 359 g/mol. The molecule has 0 aliphatic heterocycles. The lowest BCUT2D eigenvalue weighted by molar-refractivity contribution is -0.0293. The van der Waals surface area contributed by atoms with Gasteiger partial charge in [0.05, 0.1) is 12.2 Å². The van der Waals surface area contributed by atoms with Crippen LogP contribution in [0.1, 0.15) is 105 Å². The lowest BCUT2D eigenvalue weighted by Crippen LogP contribution is -2.23. The van der Waals surface area contributed by atoms with Crippen LogP contribution in [0, 0.1) is 11.8 Å². The van der Waals surface area contributed by atoms with E-state index in [1.54, 1.807) is 0 Å². The Bertz CT molecular complexity index is 244. The van der Waals surface area contributed by atoms with Gasteiger partial charge in [0, 0.05) is 13.2 Å². The minimum atomic E-state index is 0.316. The molecule has 0 rings (SSSR count). The second kappa shape index (κ2) is 17.3. The molecule has 0 bridgehead atoms. The minimum absolute atomic E-state index is 0.316. The van der Waals surface area contributed by atoms with E-state index in [0.717, 1.165) is 63.2 Å². The summed E-state index contributed by atoms with van der Waals surface area (Å²) in [5, 5.41) is 18.0. The molecule has 3 heteroatoms. The van der Waals surface area contributed by atoms with Crippen molar-refractivity contribution in [3.63, 3.8) is 0 Å². The third-order valence-corrected chi connectivity index (χ3v) is 5.79. The van der Waals surface area contributed by atoms with Gasteiger partial charge in [0.1, 0.15) is 0 Å². The maximum atomic E-state index is 9.02. The quantitative estimate of drug-likeness (QED) is 0.329. The summed E-state index contributed by atoms with van der Waals surface area (Å²) < 4.78 is 6.45. The van der Waals surface area contributed by atoms with Crippen LogP contribution in [0.2, 0.25) is 0 Å². The first-order valence-electron chi connectivity index (χ1n) is 11.0. The van der Waals surface area contributed by atoms with E-state index in [9.17, 15) is 0 Å². The molecule has 0 fully saturated rings. The van der Waals surface area contributed by atoms with E-state index in [1.165, 1.54) is 25.7 Å². The smallest absolute Gasteiger partial charge is 0.0576 e. The second-order valence-electron chi connectivity index (χ2n) is 7.63. The minimum Gasteiger partial charge on any atom is -0.396 e. The number of ether oxygens (including phenoxy) is 1. The summed E-state index contributed by atoms with van der Waals surface area (Å²) in [6, 6.07) is 0. The van der Waals surface area contributed by atoms with Crippen molar-refractivity contribution in [2.24, 2.45) is 11.8 Å². The fourth-order valence-corrected chi connectivity index (χ4v) is 3.72. The van der Waals surface area contributed by atoms with Crippen molar-refractivity contribution in [2.45, 2.75) is 117 Å². The first-order chi connectivity index (χ1) is 12.1. The molecule has 4 unspecified atom stereocenters. The van der Waals surface area contributed by atoms with E-state index >= 15 is 0 Å². The monoisotopic (exact) mass is 358 g/mol. The molecule has 2 N–H and O–H groups in total. The first-order valence-corrected chi connectivity index (χ1v) is 11.0. The lowest BCUT2D eigenvalue weighted by atomic mass is 9.92. The number of rotatable bonds is 18. The Kier molecular flexibility index (Phi) is 17.2. The van der Waals surface area contributed by atoms with Gasteiger partial charge in [0.15, 0.2) is 0 Å². The van der Waals surface area contributed by atoms with Gasteiger partial charge in [0.2, 0.25) is 0 Å². The van der Waals surface area contributed by atoms with Crippen LogP contribution in [0.5, 0.6) is 0 Å². The Hall–Kier alpha value is -0.120. The summed E-state index contributed by atoms with van der Waals surface area (Å²) in [5.41, 5.74) is 0. The van der Waals surface area contributed by atoms with E-state index in [4.69, 9.17) is 14.9 Å². The van der Waals surface area contributed by atoms with Crippen LogP contribution in [0.3, 0.4) is 0 Å². The van der Waals surface area contributed by atoms with E-state index in [-0.39, 0.29) is 0 Å². The molecule has 0 aromatic carbocycles. The number of aliphatic hydroxyl groups is 2. The van der Waals surface area contributed by atoms with Crippen LogP contribution in [0.25, 0.3) is 0 Å². The third kappa shape index (κ3) is 12.8. The average Bonchev–Trinajstić information content (AvgIpc) is 2.65. The summed E-state index contributed by atoms with van der Waals surface area (Å²) >= 11 is 0. The molecule has 0 aromatic rings.